The summed E-state index contributed by atoms with van der Waals surface area (Å²) in [4.78, 5) is 7.19. The van der Waals surface area contributed by atoms with Crippen molar-refractivity contribution in [2.24, 2.45) is 0 Å². The van der Waals surface area contributed by atoms with Crippen molar-refractivity contribution in [3.8, 4) is 11.1 Å². The van der Waals surface area contributed by atoms with Gasteiger partial charge in [-0.2, -0.15) is 0 Å². The SMILES string of the molecule is Nc1ccc(-c2ccc3nc(N)[nH]c3c2)cc1. The summed E-state index contributed by atoms with van der Waals surface area (Å²) >= 11 is 0. The Bertz CT molecular complexity index is 667. The quantitative estimate of drug-likeness (QED) is 0.555. The molecule has 0 aliphatic carbocycles. The number of nitrogens with one attached hydrogen (secondary N) is 1. The first kappa shape index (κ1) is 9.72. The minimum absolute atomic E-state index is 0.439. The first-order valence-electron chi connectivity index (χ1n) is 5.33. The zero-order valence-electron chi connectivity index (χ0n) is 9.14. The third-order valence-corrected chi connectivity index (χ3v) is 2.74. The fourth-order valence-corrected chi connectivity index (χ4v) is 1.88. The Morgan fingerprint density at radius 1 is 0.882 bits per heavy atom. The molecule has 4 nitrogen and oxygen atoms in total. The van der Waals surface area contributed by atoms with Crippen LogP contribution in [0.4, 0.5) is 11.6 Å². The van der Waals surface area contributed by atoms with Gasteiger partial charge in [0.1, 0.15) is 0 Å². The Balaban J connectivity index is 2.13. The molecule has 0 radical (unpaired) electrons. The van der Waals surface area contributed by atoms with Gasteiger partial charge >= 0.3 is 0 Å². The van der Waals surface area contributed by atoms with Crippen LogP contribution in [0.25, 0.3) is 22.2 Å². The maximum absolute atomic E-state index is 5.67. The van der Waals surface area contributed by atoms with Gasteiger partial charge in [-0.15, -0.1) is 0 Å². The smallest absolute Gasteiger partial charge is 0.198 e. The van der Waals surface area contributed by atoms with Crippen LogP contribution in [0.5, 0.6) is 0 Å². The molecule has 1 heterocycles. The summed E-state index contributed by atoms with van der Waals surface area (Å²) in [7, 11) is 0. The second-order valence-corrected chi connectivity index (χ2v) is 3.98. The summed E-state index contributed by atoms with van der Waals surface area (Å²) < 4.78 is 0. The second-order valence-electron chi connectivity index (χ2n) is 3.98. The number of hydrogen-bond donors (Lipinski definition) is 3. The molecule has 3 aromatic rings. The van der Waals surface area contributed by atoms with Crippen molar-refractivity contribution in [2.75, 3.05) is 11.5 Å². The predicted molar refractivity (Wildman–Crippen MR) is 70.4 cm³/mol. The fraction of sp³-hybridized carbons (Fsp3) is 0. The highest BCUT2D eigenvalue weighted by atomic mass is 15.0. The zero-order valence-corrected chi connectivity index (χ0v) is 9.14. The van der Waals surface area contributed by atoms with Crippen LogP contribution in [-0.4, -0.2) is 9.97 Å². The van der Waals surface area contributed by atoms with Crippen molar-refractivity contribution >= 4 is 22.7 Å². The van der Waals surface area contributed by atoms with E-state index < -0.39 is 0 Å². The molecule has 5 N–H and O–H groups in total. The van der Waals surface area contributed by atoms with E-state index in [0.29, 0.717) is 5.95 Å². The maximum atomic E-state index is 5.67. The first-order valence-corrected chi connectivity index (χ1v) is 5.33. The van der Waals surface area contributed by atoms with Crippen LogP contribution >= 0.6 is 0 Å². The number of aromatic nitrogens is 2. The Morgan fingerprint density at radius 2 is 1.59 bits per heavy atom. The third kappa shape index (κ3) is 1.69. The van der Waals surface area contributed by atoms with Crippen LogP contribution in [0.3, 0.4) is 0 Å². The summed E-state index contributed by atoms with van der Waals surface area (Å²) in [6, 6.07) is 13.8. The van der Waals surface area contributed by atoms with Crippen LogP contribution in [0, 0.1) is 0 Å². The van der Waals surface area contributed by atoms with Gasteiger partial charge in [0, 0.05) is 5.69 Å². The van der Waals surface area contributed by atoms with Crippen LogP contribution in [0.15, 0.2) is 42.5 Å². The Morgan fingerprint density at radius 3 is 2.35 bits per heavy atom. The highest BCUT2D eigenvalue weighted by molar-refractivity contribution is 5.83. The molecule has 4 heteroatoms. The Hall–Kier alpha value is -2.49. The minimum atomic E-state index is 0.439. The highest BCUT2D eigenvalue weighted by Gasteiger charge is 2.02. The molecule has 0 amide bonds. The molecule has 1 aromatic heterocycles. The second kappa shape index (κ2) is 3.52. The van der Waals surface area contributed by atoms with Crippen LogP contribution in [0.1, 0.15) is 0 Å². The van der Waals surface area contributed by atoms with Crippen molar-refractivity contribution in [3.05, 3.63) is 42.5 Å². The van der Waals surface area contributed by atoms with Crippen molar-refractivity contribution in [2.45, 2.75) is 0 Å². The Kier molecular flexibility index (Phi) is 2.01. The molecular weight excluding hydrogens is 212 g/mol. The van der Waals surface area contributed by atoms with Crippen LogP contribution in [-0.2, 0) is 0 Å². The van der Waals surface area contributed by atoms with Gasteiger partial charge in [0.15, 0.2) is 5.95 Å². The monoisotopic (exact) mass is 224 g/mol. The van der Waals surface area contributed by atoms with E-state index >= 15 is 0 Å². The molecule has 0 bridgehead atoms. The van der Waals surface area contributed by atoms with E-state index in [9.17, 15) is 0 Å². The number of hydrogen-bond acceptors (Lipinski definition) is 3. The number of H-pyrrole nitrogens is 1. The normalized spacial score (nSPS) is 10.8. The van der Waals surface area contributed by atoms with E-state index in [4.69, 9.17) is 11.5 Å². The van der Waals surface area contributed by atoms with Gasteiger partial charge in [-0.3, -0.25) is 0 Å². The summed E-state index contributed by atoms with van der Waals surface area (Å²) in [5.74, 6) is 0.439. The number of anilines is 2. The number of nitrogens with zero attached hydrogens (tertiary/aromatic N) is 1. The number of fused-ring (bicyclic) bond motifs is 1. The van der Waals surface area contributed by atoms with E-state index in [1.54, 1.807) is 0 Å². The largest absolute Gasteiger partial charge is 0.399 e. The van der Waals surface area contributed by atoms with E-state index in [1.165, 1.54) is 0 Å². The lowest BCUT2D eigenvalue weighted by Gasteiger charge is -2.02. The molecule has 0 saturated heterocycles. The maximum Gasteiger partial charge on any atom is 0.198 e. The summed E-state index contributed by atoms with van der Waals surface area (Å²) in [6.45, 7) is 0. The first-order chi connectivity index (χ1) is 8.22. The van der Waals surface area contributed by atoms with E-state index in [1.807, 2.05) is 42.5 Å². The lowest BCUT2D eigenvalue weighted by Crippen LogP contribution is -1.84. The molecule has 0 saturated carbocycles. The highest BCUT2D eigenvalue weighted by Crippen LogP contribution is 2.24. The number of nitrogens with two attached hydrogens (primary N) is 2. The molecule has 3 rings (SSSR count). The average molecular weight is 224 g/mol. The van der Waals surface area contributed by atoms with E-state index in [0.717, 1.165) is 27.8 Å². The number of nitrogen functional groups attached to an aromatic ring is 2. The molecule has 0 spiro atoms. The van der Waals surface area contributed by atoms with Gasteiger partial charge in [0.2, 0.25) is 0 Å². The van der Waals surface area contributed by atoms with Gasteiger partial charge in [0.25, 0.3) is 0 Å². The molecule has 0 fully saturated rings. The van der Waals surface area contributed by atoms with Crippen LogP contribution < -0.4 is 11.5 Å². The average Bonchev–Trinajstić information content (AvgIpc) is 2.69. The van der Waals surface area contributed by atoms with E-state index in [2.05, 4.69) is 9.97 Å². The minimum Gasteiger partial charge on any atom is -0.399 e. The molecule has 0 unspecified atom stereocenters. The number of benzene rings is 2. The van der Waals surface area contributed by atoms with Crippen molar-refractivity contribution in [1.82, 2.24) is 9.97 Å². The molecule has 0 aliphatic heterocycles. The van der Waals surface area contributed by atoms with Gasteiger partial charge in [-0.1, -0.05) is 18.2 Å². The molecule has 17 heavy (non-hydrogen) atoms. The third-order valence-electron chi connectivity index (χ3n) is 2.74. The fourth-order valence-electron chi connectivity index (χ4n) is 1.88. The topological polar surface area (TPSA) is 80.7 Å². The lowest BCUT2D eigenvalue weighted by atomic mass is 10.0. The molecule has 84 valence electrons. The van der Waals surface area contributed by atoms with Crippen molar-refractivity contribution in [3.63, 3.8) is 0 Å². The van der Waals surface area contributed by atoms with Crippen LogP contribution in [0.2, 0.25) is 0 Å². The zero-order chi connectivity index (χ0) is 11.8. The van der Waals surface area contributed by atoms with Gasteiger partial charge in [0.05, 0.1) is 11.0 Å². The molecular formula is C13H12N4. The molecule has 2 aromatic carbocycles. The number of aromatic amines is 1. The van der Waals surface area contributed by atoms with Gasteiger partial charge in [-0.05, 0) is 35.4 Å². The summed E-state index contributed by atoms with van der Waals surface area (Å²) in [6.07, 6.45) is 0. The Labute approximate surface area is 98.3 Å². The summed E-state index contributed by atoms with van der Waals surface area (Å²) in [5.41, 5.74) is 16.1. The number of imidazole rings is 1. The summed E-state index contributed by atoms with van der Waals surface area (Å²) in [5, 5.41) is 0. The lowest BCUT2D eigenvalue weighted by molar-refractivity contribution is 1.35. The predicted octanol–water partition coefficient (Wildman–Crippen LogP) is 2.39. The van der Waals surface area contributed by atoms with Crippen molar-refractivity contribution in [1.29, 1.82) is 0 Å². The number of rotatable bonds is 1. The van der Waals surface area contributed by atoms with Crippen molar-refractivity contribution < 1.29 is 0 Å². The standard InChI is InChI=1S/C13H12N4/c14-10-4-1-8(2-5-10)9-3-6-11-12(7-9)17-13(15)16-11/h1-7H,14H2,(H3,15,16,17). The van der Waals surface area contributed by atoms with Gasteiger partial charge in [-0.25, -0.2) is 4.98 Å². The van der Waals surface area contributed by atoms with Gasteiger partial charge < -0.3 is 16.5 Å². The van der Waals surface area contributed by atoms with E-state index in [-0.39, 0.29) is 0 Å². The molecule has 0 atom stereocenters. The molecule has 0 aliphatic rings.